The summed E-state index contributed by atoms with van der Waals surface area (Å²) in [5, 5.41) is 11.9. The largest absolute Gasteiger partial charge is 0.409 e. The lowest BCUT2D eigenvalue weighted by atomic mass is 9.86. The van der Waals surface area contributed by atoms with Gasteiger partial charge < -0.3 is 15.8 Å². The molecule has 1 aliphatic heterocycles. The highest BCUT2D eigenvalue weighted by molar-refractivity contribution is 5.85. The molecular weight excluding hydrogens is 226 g/mol. The highest BCUT2D eigenvalue weighted by Crippen LogP contribution is 2.26. The van der Waals surface area contributed by atoms with Crippen molar-refractivity contribution in [3.05, 3.63) is 0 Å². The van der Waals surface area contributed by atoms with Crippen LogP contribution in [0.5, 0.6) is 0 Å². The minimum absolute atomic E-state index is 0.202. The summed E-state index contributed by atoms with van der Waals surface area (Å²) >= 11 is 0. The molecule has 0 aliphatic carbocycles. The number of nitrogens with zero attached hydrogens (tertiary/aromatic N) is 2. The normalized spacial score (nSPS) is 22.9. The molecule has 0 spiro atoms. The van der Waals surface area contributed by atoms with Crippen LogP contribution in [0, 0.1) is 17.3 Å². The molecule has 18 heavy (non-hydrogen) atoms. The number of rotatable bonds is 6. The Bertz CT molecular complexity index is 287. The molecule has 0 aromatic carbocycles. The molecule has 1 fully saturated rings. The summed E-state index contributed by atoms with van der Waals surface area (Å²) in [7, 11) is 0. The molecule has 0 amide bonds. The van der Waals surface area contributed by atoms with Crippen LogP contribution in [0.25, 0.3) is 0 Å². The van der Waals surface area contributed by atoms with E-state index in [-0.39, 0.29) is 5.41 Å². The van der Waals surface area contributed by atoms with Crippen LogP contribution in [-0.4, -0.2) is 35.6 Å². The van der Waals surface area contributed by atoms with Gasteiger partial charge in [-0.25, -0.2) is 0 Å². The number of likely N-dealkylation sites (tertiary alicyclic amines) is 1. The predicted octanol–water partition coefficient (Wildman–Crippen LogP) is 2.52. The van der Waals surface area contributed by atoms with E-state index in [1.807, 2.05) is 13.8 Å². The van der Waals surface area contributed by atoms with Crippen molar-refractivity contribution in [2.45, 2.75) is 47.0 Å². The zero-order chi connectivity index (χ0) is 13.8. The Morgan fingerprint density at radius 2 is 2.17 bits per heavy atom. The average Bonchev–Trinajstić information content (AvgIpc) is 2.76. The van der Waals surface area contributed by atoms with Gasteiger partial charge >= 0.3 is 0 Å². The van der Waals surface area contributed by atoms with Gasteiger partial charge in [0.15, 0.2) is 0 Å². The molecule has 0 saturated carbocycles. The summed E-state index contributed by atoms with van der Waals surface area (Å²) < 4.78 is 0. The summed E-state index contributed by atoms with van der Waals surface area (Å²) in [6, 6.07) is 0. The van der Waals surface area contributed by atoms with Crippen LogP contribution >= 0.6 is 0 Å². The minimum Gasteiger partial charge on any atom is -0.409 e. The number of amidine groups is 1. The van der Waals surface area contributed by atoms with E-state index >= 15 is 0 Å². The van der Waals surface area contributed by atoms with Crippen molar-refractivity contribution in [1.82, 2.24) is 4.90 Å². The second kappa shape index (κ2) is 6.41. The van der Waals surface area contributed by atoms with Crippen LogP contribution in [0.15, 0.2) is 5.16 Å². The van der Waals surface area contributed by atoms with Crippen molar-refractivity contribution in [1.29, 1.82) is 0 Å². The lowest BCUT2D eigenvalue weighted by molar-refractivity contribution is 0.278. The number of oxime groups is 1. The van der Waals surface area contributed by atoms with E-state index in [1.54, 1.807) is 0 Å². The quantitative estimate of drug-likeness (QED) is 0.332. The molecule has 0 aromatic heterocycles. The Hall–Kier alpha value is -0.770. The van der Waals surface area contributed by atoms with Crippen LogP contribution in [0.2, 0.25) is 0 Å². The van der Waals surface area contributed by atoms with Gasteiger partial charge in [-0.2, -0.15) is 0 Å². The van der Waals surface area contributed by atoms with Gasteiger partial charge in [0.2, 0.25) is 0 Å². The van der Waals surface area contributed by atoms with E-state index in [0.29, 0.717) is 5.84 Å². The third-order valence-electron chi connectivity index (χ3n) is 4.33. The van der Waals surface area contributed by atoms with Crippen molar-refractivity contribution >= 4 is 5.84 Å². The highest BCUT2D eigenvalue weighted by atomic mass is 16.4. The summed E-state index contributed by atoms with van der Waals surface area (Å²) in [5.74, 6) is 2.00. The van der Waals surface area contributed by atoms with E-state index in [1.165, 1.54) is 19.5 Å². The van der Waals surface area contributed by atoms with Crippen molar-refractivity contribution in [3.63, 3.8) is 0 Å². The van der Waals surface area contributed by atoms with Gasteiger partial charge in [0, 0.05) is 12.0 Å². The number of hydrogen-bond acceptors (Lipinski definition) is 3. The maximum Gasteiger partial charge on any atom is 0.144 e. The zero-order valence-electron chi connectivity index (χ0n) is 12.3. The fraction of sp³-hybridized carbons (Fsp3) is 0.929. The third-order valence-corrected chi connectivity index (χ3v) is 4.33. The first-order chi connectivity index (χ1) is 8.36. The Kier molecular flexibility index (Phi) is 5.45. The molecule has 1 saturated heterocycles. The van der Waals surface area contributed by atoms with E-state index < -0.39 is 0 Å². The van der Waals surface area contributed by atoms with Crippen molar-refractivity contribution in [3.8, 4) is 0 Å². The molecule has 1 heterocycles. The summed E-state index contributed by atoms with van der Waals surface area (Å²) in [5.41, 5.74) is 5.49. The maximum atomic E-state index is 8.73. The van der Waals surface area contributed by atoms with Crippen LogP contribution < -0.4 is 5.73 Å². The molecule has 4 nitrogen and oxygen atoms in total. The second-order valence-corrected chi connectivity index (χ2v) is 6.57. The molecule has 1 aliphatic rings. The Labute approximate surface area is 111 Å². The molecule has 0 bridgehead atoms. The van der Waals surface area contributed by atoms with Crippen LogP contribution in [-0.2, 0) is 0 Å². The summed E-state index contributed by atoms with van der Waals surface area (Å²) in [6.45, 7) is 12.3. The van der Waals surface area contributed by atoms with Gasteiger partial charge in [0.1, 0.15) is 5.84 Å². The van der Waals surface area contributed by atoms with Crippen LogP contribution in [0.3, 0.4) is 0 Å². The predicted molar refractivity (Wildman–Crippen MR) is 75.8 cm³/mol. The monoisotopic (exact) mass is 255 g/mol. The number of hydrogen-bond donors (Lipinski definition) is 2. The lowest BCUT2D eigenvalue weighted by Gasteiger charge is -2.24. The Morgan fingerprint density at radius 1 is 1.50 bits per heavy atom. The van der Waals surface area contributed by atoms with Gasteiger partial charge in [-0.1, -0.05) is 32.9 Å². The van der Waals surface area contributed by atoms with Crippen LogP contribution in [0.1, 0.15) is 47.0 Å². The third kappa shape index (κ3) is 4.16. The second-order valence-electron chi connectivity index (χ2n) is 6.57. The van der Waals surface area contributed by atoms with Crippen LogP contribution in [0.4, 0.5) is 0 Å². The van der Waals surface area contributed by atoms with Gasteiger partial charge in [0.05, 0.1) is 0 Å². The fourth-order valence-corrected chi connectivity index (χ4v) is 2.62. The fourth-order valence-electron chi connectivity index (χ4n) is 2.62. The van der Waals surface area contributed by atoms with Gasteiger partial charge in [-0.15, -0.1) is 0 Å². The Morgan fingerprint density at radius 3 is 2.67 bits per heavy atom. The van der Waals surface area contributed by atoms with E-state index in [2.05, 4.69) is 23.9 Å². The molecule has 1 rings (SSSR count). The molecule has 3 N–H and O–H groups in total. The molecule has 1 atom stereocenters. The Balaban J connectivity index is 2.27. The maximum absolute atomic E-state index is 8.73. The van der Waals surface area contributed by atoms with Gasteiger partial charge in [0.25, 0.3) is 0 Å². The van der Waals surface area contributed by atoms with Crippen molar-refractivity contribution < 1.29 is 5.21 Å². The smallest absolute Gasteiger partial charge is 0.144 e. The van der Waals surface area contributed by atoms with Gasteiger partial charge in [-0.3, -0.25) is 0 Å². The molecule has 4 heteroatoms. The highest BCUT2D eigenvalue weighted by Gasteiger charge is 2.26. The van der Waals surface area contributed by atoms with Crippen molar-refractivity contribution in [2.24, 2.45) is 28.1 Å². The van der Waals surface area contributed by atoms with Gasteiger partial charge in [-0.05, 0) is 44.2 Å². The van der Waals surface area contributed by atoms with Crippen molar-refractivity contribution in [2.75, 3.05) is 19.6 Å². The minimum atomic E-state index is -0.202. The summed E-state index contributed by atoms with van der Waals surface area (Å²) in [6.07, 6.45) is 3.40. The van der Waals surface area contributed by atoms with E-state index in [0.717, 1.165) is 31.2 Å². The first kappa shape index (κ1) is 15.3. The standard InChI is InChI=1S/C14H29N3O/c1-11(2)12-6-9-17(10-12)8-5-7-14(3,4)13(15)16-18/h11-12,18H,5-10H2,1-4H3,(H2,15,16). The molecule has 0 radical (unpaired) electrons. The van der Waals surface area contributed by atoms with E-state index in [9.17, 15) is 0 Å². The number of nitrogens with two attached hydrogens (primary N) is 1. The van der Waals surface area contributed by atoms with E-state index in [4.69, 9.17) is 10.9 Å². The summed E-state index contributed by atoms with van der Waals surface area (Å²) in [4.78, 5) is 2.55. The molecule has 106 valence electrons. The first-order valence-corrected chi connectivity index (χ1v) is 7.07. The average molecular weight is 255 g/mol. The molecule has 0 aromatic rings. The molecule has 1 unspecified atom stereocenters. The molecular formula is C14H29N3O. The SMILES string of the molecule is CC(C)C1CCN(CCCC(C)(C)C(N)=NO)C1. The topological polar surface area (TPSA) is 61.8 Å². The first-order valence-electron chi connectivity index (χ1n) is 7.07. The zero-order valence-corrected chi connectivity index (χ0v) is 12.3. The lowest BCUT2D eigenvalue weighted by Crippen LogP contribution is -2.33.